The number of nitrogens with zero attached hydrogens (tertiary/aromatic N) is 9. The number of methoxy groups -OCH3 is 1. The van der Waals surface area contributed by atoms with Gasteiger partial charge in [-0.1, -0.05) is 53.6 Å². The van der Waals surface area contributed by atoms with E-state index in [0.29, 0.717) is 33.6 Å². The van der Waals surface area contributed by atoms with Crippen LogP contribution < -0.4 is 9.64 Å². The van der Waals surface area contributed by atoms with Crippen LogP contribution in [0.25, 0.3) is 16.7 Å². The van der Waals surface area contributed by atoms with Gasteiger partial charge in [-0.05, 0) is 91.3 Å². The number of tetrazole rings is 1. The molecule has 49 heavy (non-hydrogen) atoms. The Morgan fingerprint density at radius 1 is 1.04 bits per heavy atom. The van der Waals surface area contributed by atoms with Crippen LogP contribution in [0.1, 0.15) is 41.6 Å². The highest BCUT2D eigenvalue weighted by Crippen LogP contribution is 2.31. The van der Waals surface area contributed by atoms with Gasteiger partial charge in [0.05, 0.1) is 39.4 Å². The molecule has 0 saturated carbocycles. The number of fused-ring (bicyclic) bond motifs is 1. The number of benzene rings is 3. The number of carbonyl (C=O) groups excluding carboxylic acids is 1. The molecule has 1 saturated heterocycles. The highest BCUT2D eigenvalue weighted by molar-refractivity contribution is 6.42. The number of halogens is 2. The molecule has 0 N–H and O–H groups in total. The van der Waals surface area contributed by atoms with Crippen molar-refractivity contribution in [3.8, 4) is 11.4 Å². The third-order valence-corrected chi connectivity index (χ3v) is 9.85. The zero-order valence-corrected chi connectivity index (χ0v) is 29.6. The van der Waals surface area contributed by atoms with E-state index in [0.717, 1.165) is 74.7 Å². The summed E-state index contributed by atoms with van der Waals surface area (Å²) < 4.78 is 9.39. The minimum Gasteiger partial charge on any atom is -0.496 e. The van der Waals surface area contributed by atoms with Crippen molar-refractivity contribution >= 4 is 46.1 Å². The van der Waals surface area contributed by atoms with Crippen LogP contribution in [0.4, 0.5) is 5.95 Å². The fourth-order valence-corrected chi connectivity index (χ4v) is 6.77. The lowest BCUT2D eigenvalue weighted by atomic mass is 9.94. The lowest BCUT2D eigenvalue weighted by Crippen LogP contribution is -2.35. The highest BCUT2D eigenvalue weighted by Gasteiger charge is 2.25. The summed E-state index contributed by atoms with van der Waals surface area (Å²) in [6, 6.07) is 19.4. The number of rotatable bonds is 12. The number of aromatic nitrogens is 6. The molecule has 0 bridgehead atoms. The molecule has 1 unspecified atom stereocenters. The van der Waals surface area contributed by atoms with E-state index in [1.807, 2.05) is 37.4 Å². The number of carbonyl (C=O) groups is 1. The molecule has 2 aromatic heterocycles. The zero-order chi connectivity index (χ0) is 34.3. The Bertz CT molecular complexity index is 1910. The summed E-state index contributed by atoms with van der Waals surface area (Å²) in [6.45, 7) is 7.90. The van der Waals surface area contributed by atoms with E-state index in [-0.39, 0.29) is 11.8 Å². The van der Waals surface area contributed by atoms with Gasteiger partial charge in [0.1, 0.15) is 12.1 Å². The standard InChI is InChI=1S/C36H41Cl2N9O2/c1-4-5-18-46-33-10-7-6-9-32(33)40-36(46)45-17-8-16-44(20-21-45)19-15-27(26-11-13-30(37)31(38)22-26)24-43(2)35(48)29-23-28(12-14-34(29)49-3)47-25-39-41-42-47/h4-7,9-14,22-23,25,27H,8,15-21,24H2,1-3H3/b5-4+. The maximum Gasteiger partial charge on any atom is 0.257 e. The van der Waals surface area contributed by atoms with Crippen molar-refractivity contribution in [2.24, 2.45) is 0 Å². The van der Waals surface area contributed by atoms with Crippen LogP contribution >= 0.6 is 23.2 Å². The minimum atomic E-state index is -0.164. The van der Waals surface area contributed by atoms with Crippen molar-refractivity contribution in [1.82, 2.24) is 39.6 Å². The Morgan fingerprint density at radius 3 is 2.67 bits per heavy atom. The van der Waals surface area contributed by atoms with Crippen molar-refractivity contribution in [3.63, 3.8) is 0 Å². The van der Waals surface area contributed by atoms with Gasteiger partial charge in [0, 0.05) is 45.7 Å². The number of hydrogen-bond acceptors (Lipinski definition) is 8. The van der Waals surface area contributed by atoms with E-state index in [4.69, 9.17) is 32.9 Å². The van der Waals surface area contributed by atoms with E-state index >= 15 is 0 Å². The second-order valence-electron chi connectivity index (χ2n) is 12.2. The van der Waals surface area contributed by atoms with E-state index in [9.17, 15) is 4.79 Å². The normalized spacial score (nSPS) is 14.8. The van der Waals surface area contributed by atoms with Crippen molar-refractivity contribution in [2.45, 2.75) is 32.2 Å². The van der Waals surface area contributed by atoms with Crippen LogP contribution in [0.3, 0.4) is 0 Å². The highest BCUT2D eigenvalue weighted by atomic mass is 35.5. The van der Waals surface area contributed by atoms with Crippen molar-refractivity contribution in [2.75, 3.05) is 58.3 Å². The second-order valence-corrected chi connectivity index (χ2v) is 13.1. The van der Waals surface area contributed by atoms with Crippen molar-refractivity contribution < 1.29 is 9.53 Å². The monoisotopic (exact) mass is 701 g/mol. The molecule has 3 heterocycles. The molecule has 0 spiro atoms. The lowest BCUT2D eigenvalue weighted by molar-refractivity contribution is 0.0779. The molecule has 6 rings (SSSR count). The van der Waals surface area contributed by atoms with E-state index in [2.05, 4.69) is 67.2 Å². The third-order valence-electron chi connectivity index (χ3n) is 9.11. The number of likely N-dealkylation sites (N-methyl/N-ethyl adjacent to an activating group) is 1. The second kappa shape index (κ2) is 15.8. The molecule has 11 nitrogen and oxygen atoms in total. The average molecular weight is 703 g/mol. The summed E-state index contributed by atoms with van der Waals surface area (Å²) in [5.74, 6) is 1.35. The first-order valence-electron chi connectivity index (χ1n) is 16.5. The van der Waals surface area contributed by atoms with Crippen LogP contribution in [-0.4, -0.2) is 98.9 Å². The van der Waals surface area contributed by atoms with E-state index in [1.165, 1.54) is 11.0 Å². The minimum absolute atomic E-state index is 0.0156. The molecule has 1 aliphatic heterocycles. The smallest absolute Gasteiger partial charge is 0.257 e. The van der Waals surface area contributed by atoms with Crippen molar-refractivity contribution in [3.05, 3.63) is 100 Å². The van der Waals surface area contributed by atoms with Gasteiger partial charge in [-0.2, -0.15) is 0 Å². The molecule has 5 aromatic rings. The van der Waals surface area contributed by atoms with Crippen LogP contribution in [0.2, 0.25) is 10.0 Å². The third kappa shape index (κ3) is 7.90. The molecule has 3 aromatic carbocycles. The Labute approximate surface area is 296 Å². The Kier molecular flexibility index (Phi) is 11.1. The van der Waals surface area contributed by atoms with Gasteiger partial charge in [-0.3, -0.25) is 4.79 Å². The summed E-state index contributed by atoms with van der Waals surface area (Å²) in [5.41, 5.74) is 4.30. The van der Waals surface area contributed by atoms with Gasteiger partial charge in [-0.15, -0.1) is 5.10 Å². The number of allylic oxidation sites excluding steroid dienone is 2. The lowest BCUT2D eigenvalue weighted by Gasteiger charge is -2.28. The summed E-state index contributed by atoms with van der Waals surface area (Å²) in [7, 11) is 3.38. The Balaban J connectivity index is 1.17. The van der Waals surface area contributed by atoms with Gasteiger partial charge in [0.25, 0.3) is 5.91 Å². The average Bonchev–Trinajstić information content (AvgIpc) is 3.73. The molecule has 256 valence electrons. The quantitative estimate of drug-likeness (QED) is 0.139. The predicted molar refractivity (Wildman–Crippen MR) is 194 cm³/mol. The molecule has 1 amide bonds. The maximum absolute atomic E-state index is 13.9. The first-order chi connectivity index (χ1) is 23.9. The summed E-state index contributed by atoms with van der Waals surface area (Å²) in [4.78, 5) is 25.7. The predicted octanol–water partition coefficient (Wildman–Crippen LogP) is 6.36. The zero-order valence-electron chi connectivity index (χ0n) is 28.0. The molecular formula is C36H41Cl2N9O2. The molecule has 13 heteroatoms. The summed E-state index contributed by atoms with van der Waals surface area (Å²) in [5, 5.41) is 12.4. The molecular weight excluding hydrogens is 661 g/mol. The van der Waals surface area contributed by atoms with Gasteiger partial charge in [0.15, 0.2) is 0 Å². The number of anilines is 1. The van der Waals surface area contributed by atoms with E-state index in [1.54, 1.807) is 24.1 Å². The Hall–Kier alpha value is -4.45. The largest absolute Gasteiger partial charge is 0.496 e. The number of para-hydroxylation sites is 2. The molecule has 1 aliphatic rings. The first-order valence-corrected chi connectivity index (χ1v) is 17.3. The molecule has 0 radical (unpaired) electrons. The topological polar surface area (TPSA) is 97.4 Å². The van der Waals surface area contributed by atoms with Crippen molar-refractivity contribution in [1.29, 1.82) is 0 Å². The van der Waals surface area contributed by atoms with Crippen LogP contribution in [0.5, 0.6) is 5.75 Å². The van der Waals surface area contributed by atoms with Crippen LogP contribution in [0, 0.1) is 0 Å². The van der Waals surface area contributed by atoms with Gasteiger partial charge in [-0.25, -0.2) is 9.67 Å². The molecule has 0 aliphatic carbocycles. The van der Waals surface area contributed by atoms with E-state index < -0.39 is 0 Å². The van der Waals surface area contributed by atoms with Gasteiger partial charge >= 0.3 is 0 Å². The molecule has 1 atom stereocenters. The van der Waals surface area contributed by atoms with Crippen LogP contribution in [-0.2, 0) is 6.54 Å². The van der Waals surface area contributed by atoms with Crippen LogP contribution in [0.15, 0.2) is 79.1 Å². The SMILES string of the molecule is C/C=C/Cn1c(N2CCCN(CCC(CN(C)C(=O)c3cc(-n4cnnn4)ccc3OC)c3ccc(Cl)c(Cl)c3)CC2)nc2ccccc21. The maximum atomic E-state index is 13.9. The van der Waals surface area contributed by atoms with Gasteiger partial charge < -0.3 is 24.0 Å². The first kappa shape index (κ1) is 34.4. The number of ether oxygens (including phenoxy) is 1. The Morgan fingerprint density at radius 2 is 1.90 bits per heavy atom. The number of amides is 1. The molecule has 1 fully saturated rings. The summed E-state index contributed by atoms with van der Waals surface area (Å²) >= 11 is 12.8. The summed E-state index contributed by atoms with van der Waals surface area (Å²) in [6.07, 6.45) is 7.61. The fraction of sp³-hybridized carbons (Fsp3) is 0.361. The number of hydrogen-bond donors (Lipinski definition) is 0. The fourth-order valence-electron chi connectivity index (χ4n) is 6.46. The number of imidazole rings is 1. The van der Waals surface area contributed by atoms with Gasteiger partial charge in [0.2, 0.25) is 5.95 Å².